The number of nitrogens with zero attached hydrogens (tertiary/aromatic N) is 1. The summed E-state index contributed by atoms with van der Waals surface area (Å²) < 4.78 is 33.8. The SMILES string of the molecule is CCCC[C@H](CC)CNC(=O)[C@@H]1CN(S(=O)(=O)c2ccccc2)c2cc(Cl)ccc2O1. The van der Waals surface area contributed by atoms with Crippen molar-refractivity contribution in [1.82, 2.24) is 5.32 Å². The van der Waals surface area contributed by atoms with Gasteiger partial charge in [0.25, 0.3) is 15.9 Å². The summed E-state index contributed by atoms with van der Waals surface area (Å²) in [5, 5.41) is 3.34. The smallest absolute Gasteiger partial charge is 0.264 e. The second kappa shape index (κ2) is 10.4. The largest absolute Gasteiger partial charge is 0.476 e. The van der Waals surface area contributed by atoms with Crippen LogP contribution >= 0.6 is 11.6 Å². The Bertz CT molecular complexity index is 998. The number of rotatable bonds is 9. The lowest BCUT2D eigenvalue weighted by Gasteiger charge is -2.35. The number of carbonyl (C=O) groups excluding carboxylic acids is 1. The van der Waals surface area contributed by atoms with Crippen molar-refractivity contribution in [3.05, 3.63) is 53.6 Å². The molecule has 0 aliphatic carbocycles. The van der Waals surface area contributed by atoms with Gasteiger partial charge in [0.05, 0.1) is 17.1 Å². The summed E-state index contributed by atoms with van der Waals surface area (Å²) in [5.74, 6) is 0.389. The fourth-order valence-electron chi connectivity index (χ4n) is 3.61. The minimum Gasteiger partial charge on any atom is -0.476 e. The van der Waals surface area contributed by atoms with Crippen molar-refractivity contribution in [3.63, 3.8) is 0 Å². The van der Waals surface area contributed by atoms with Gasteiger partial charge in [-0.25, -0.2) is 8.42 Å². The zero-order chi connectivity index (χ0) is 22.4. The van der Waals surface area contributed by atoms with Crippen LogP contribution in [0.5, 0.6) is 5.75 Å². The summed E-state index contributed by atoms with van der Waals surface area (Å²) in [6.45, 7) is 4.68. The number of amides is 1. The predicted molar refractivity (Wildman–Crippen MR) is 123 cm³/mol. The molecule has 0 saturated carbocycles. The number of carbonyl (C=O) groups is 1. The van der Waals surface area contributed by atoms with E-state index in [1.807, 2.05) is 0 Å². The highest BCUT2D eigenvalue weighted by atomic mass is 35.5. The molecule has 1 N–H and O–H groups in total. The van der Waals surface area contributed by atoms with Crippen LogP contribution in [0.25, 0.3) is 0 Å². The predicted octanol–water partition coefficient (Wildman–Crippen LogP) is 4.63. The number of ether oxygens (including phenoxy) is 1. The molecule has 2 aromatic rings. The molecule has 0 fully saturated rings. The Morgan fingerprint density at radius 1 is 1.23 bits per heavy atom. The van der Waals surface area contributed by atoms with Gasteiger partial charge in [-0.15, -0.1) is 0 Å². The average molecular weight is 465 g/mol. The Labute approximate surface area is 189 Å². The van der Waals surface area contributed by atoms with Gasteiger partial charge in [0, 0.05) is 11.6 Å². The van der Waals surface area contributed by atoms with Gasteiger partial charge in [0.1, 0.15) is 5.75 Å². The molecule has 168 valence electrons. The third-order valence-electron chi connectivity index (χ3n) is 5.52. The Morgan fingerprint density at radius 2 is 1.97 bits per heavy atom. The van der Waals surface area contributed by atoms with Gasteiger partial charge in [-0.05, 0) is 42.7 Å². The van der Waals surface area contributed by atoms with Crippen LogP contribution < -0.4 is 14.4 Å². The van der Waals surface area contributed by atoms with Crippen molar-refractivity contribution in [2.45, 2.75) is 50.5 Å². The van der Waals surface area contributed by atoms with Gasteiger partial charge in [0.2, 0.25) is 0 Å². The first kappa shape index (κ1) is 23.4. The van der Waals surface area contributed by atoms with Gasteiger partial charge in [-0.3, -0.25) is 9.10 Å². The van der Waals surface area contributed by atoms with Crippen LogP contribution in [0.2, 0.25) is 5.02 Å². The first-order valence-electron chi connectivity index (χ1n) is 10.7. The summed E-state index contributed by atoms with van der Waals surface area (Å²) in [5.41, 5.74) is 0.329. The van der Waals surface area contributed by atoms with Crippen LogP contribution in [-0.4, -0.2) is 33.5 Å². The molecule has 1 aliphatic rings. The molecule has 2 atom stereocenters. The lowest BCUT2D eigenvalue weighted by Crippen LogP contribution is -2.51. The molecule has 31 heavy (non-hydrogen) atoms. The average Bonchev–Trinajstić information content (AvgIpc) is 2.78. The lowest BCUT2D eigenvalue weighted by molar-refractivity contribution is -0.127. The van der Waals surface area contributed by atoms with E-state index in [0.717, 1.165) is 25.7 Å². The highest BCUT2D eigenvalue weighted by Gasteiger charge is 2.37. The van der Waals surface area contributed by atoms with Crippen molar-refractivity contribution in [2.75, 3.05) is 17.4 Å². The lowest BCUT2D eigenvalue weighted by atomic mass is 9.99. The number of hydrogen-bond acceptors (Lipinski definition) is 4. The minimum atomic E-state index is -3.89. The summed E-state index contributed by atoms with van der Waals surface area (Å²) in [4.78, 5) is 13.0. The maximum Gasteiger partial charge on any atom is 0.264 e. The fourth-order valence-corrected chi connectivity index (χ4v) is 5.27. The molecule has 0 aromatic heterocycles. The van der Waals surface area contributed by atoms with Gasteiger partial charge in [0.15, 0.2) is 6.10 Å². The van der Waals surface area contributed by atoms with E-state index in [-0.39, 0.29) is 17.3 Å². The number of hydrogen-bond donors (Lipinski definition) is 1. The fraction of sp³-hybridized carbons (Fsp3) is 0.435. The summed E-state index contributed by atoms with van der Waals surface area (Å²) in [6, 6.07) is 12.9. The third-order valence-corrected chi connectivity index (χ3v) is 7.55. The molecule has 1 amide bonds. The molecule has 1 heterocycles. The van der Waals surface area contributed by atoms with Crippen molar-refractivity contribution in [2.24, 2.45) is 5.92 Å². The molecule has 8 heteroatoms. The first-order valence-corrected chi connectivity index (χ1v) is 12.5. The van der Waals surface area contributed by atoms with E-state index in [4.69, 9.17) is 16.3 Å². The van der Waals surface area contributed by atoms with E-state index in [1.165, 1.54) is 16.4 Å². The van der Waals surface area contributed by atoms with Crippen LogP contribution in [-0.2, 0) is 14.8 Å². The number of fused-ring (bicyclic) bond motifs is 1. The highest BCUT2D eigenvalue weighted by Crippen LogP contribution is 2.38. The summed E-state index contributed by atoms with van der Waals surface area (Å²) >= 11 is 6.12. The monoisotopic (exact) mass is 464 g/mol. The van der Waals surface area contributed by atoms with Crippen LogP contribution in [0.15, 0.2) is 53.4 Å². The maximum atomic E-state index is 13.4. The molecule has 3 rings (SSSR count). The standard InChI is InChI=1S/C23H29ClN2O4S/c1-3-5-9-17(4-2)15-25-23(27)22-16-26(20-14-18(24)12-13-21(20)30-22)31(28,29)19-10-7-6-8-11-19/h6-8,10-14,17,22H,3-5,9,15-16H2,1-2H3,(H,25,27)/t17-,22-/m0/s1. The van der Waals surface area contributed by atoms with E-state index in [2.05, 4.69) is 19.2 Å². The molecular weight excluding hydrogens is 436 g/mol. The Morgan fingerprint density at radius 3 is 2.65 bits per heavy atom. The molecule has 2 aromatic carbocycles. The van der Waals surface area contributed by atoms with E-state index in [9.17, 15) is 13.2 Å². The third kappa shape index (κ3) is 5.52. The van der Waals surface area contributed by atoms with Gasteiger partial charge in [-0.1, -0.05) is 62.9 Å². The maximum absolute atomic E-state index is 13.4. The quantitative estimate of drug-likeness (QED) is 0.587. The van der Waals surface area contributed by atoms with Gasteiger partial charge in [-0.2, -0.15) is 0 Å². The second-order valence-electron chi connectivity index (χ2n) is 7.73. The molecule has 1 aliphatic heterocycles. The number of sulfonamides is 1. The van der Waals surface area contributed by atoms with E-state index < -0.39 is 16.1 Å². The van der Waals surface area contributed by atoms with Crippen molar-refractivity contribution >= 4 is 33.2 Å². The molecule has 6 nitrogen and oxygen atoms in total. The van der Waals surface area contributed by atoms with Crippen LogP contribution in [0.4, 0.5) is 5.69 Å². The van der Waals surface area contributed by atoms with E-state index in [0.29, 0.717) is 28.9 Å². The number of nitrogens with one attached hydrogen (secondary N) is 1. The zero-order valence-electron chi connectivity index (χ0n) is 17.9. The molecule has 0 bridgehead atoms. The highest BCUT2D eigenvalue weighted by molar-refractivity contribution is 7.92. The zero-order valence-corrected chi connectivity index (χ0v) is 19.5. The van der Waals surface area contributed by atoms with Crippen LogP contribution in [0.3, 0.4) is 0 Å². The molecule has 0 spiro atoms. The molecule has 0 radical (unpaired) electrons. The number of anilines is 1. The molecule has 0 unspecified atom stereocenters. The summed E-state index contributed by atoms with van der Waals surface area (Å²) in [6.07, 6.45) is 3.31. The molecule has 0 saturated heterocycles. The van der Waals surface area contributed by atoms with Crippen LogP contribution in [0.1, 0.15) is 39.5 Å². The van der Waals surface area contributed by atoms with Crippen molar-refractivity contribution < 1.29 is 17.9 Å². The Hall–Kier alpha value is -2.25. The van der Waals surface area contributed by atoms with E-state index >= 15 is 0 Å². The normalized spacial score (nSPS) is 16.9. The first-order chi connectivity index (χ1) is 14.9. The van der Waals surface area contributed by atoms with E-state index in [1.54, 1.807) is 36.4 Å². The van der Waals surface area contributed by atoms with Gasteiger partial charge >= 0.3 is 0 Å². The topological polar surface area (TPSA) is 75.7 Å². The van der Waals surface area contributed by atoms with Gasteiger partial charge < -0.3 is 10.1 Å². The Kier molecular flexibility index (Phi) is 7.84. The number of benzene rings is 2. The number of unbranched alkanes of at least 4 members (excludes halogenated alkanes) is 1. The van der Waals surface area contributed by atoms with Crippen molar-refractivity contribution in [1.29, 1.82) is 0 Å². The number of halogens is 1. The summed E-state index contributed by atoms with van der Waals surface area (Å²) in [7, 11) is -3.89. The van der Waals surface area contributed by atoms with Crippen LogP contribution in [0, 0.1) is 5.92 Å². The van der Waals surface area contributed by atoms with Crippen molar-refractivity contribution in [3.8, 4) is 5.75 Å². The minimum absolute atomic E-state index is 0.123. The Balaban J connectivity index is 1.84. The molecular formula is C23H29ClN2O4S. The second-order valence-corrected chi connectivity index (χ2v) is 10.0.